The molecule has 1 aromatic carbocycles. The van der Waals surface area contributed by atoms with Crippen LogP contribution in [0.2, 0.25) is 0 Å². The van der Waals surface area contributed by atoms with Gasteiger partial charge in [0.2, 0.25) is 0 Å². The molecule has 3 unspecified atom stereocenters. The van der Waals surface area contributed by atoms with Crippen LogP contribution >= 0.6 is 0 Å². The summed E-state index contributed by atoms with van der Waals surface area (Å²) in [5.41, 5.74) is 2.95. The summed E-state index contributed by atoms with van der Waals surface area (Å²) in [6, 6.07) is 5.76. The summed E-state index contributed by atoms with van der Waals surface area (Å²) in [5.74, 6) is 0.852. The number of fused-ring (bicyclic) bond motifs is 5. The molecule has 2 saturated carbocycles. The second-order valence-electron chi connectivity index (χ2n) is 12.9. The van der Waals surface area contributed by atoms with Gasteiger partial charge in [0, 0.05) is 0 Å². The van der Waals surface area contributed by atoms with Gasteiger partial charge in [0.05, 0.1) is 11.8 Å². The third-order valence-electron chi connectivity index (χ3n) is 10.6. The van der Waals surface area contributed by atoms with Crippen molar-refractivity contribution in [3.8, 4) is 0 Å². The molecule has 1 heterocycles. The first-order valence-electron chi connectivity index (χ1n) is 15.2. The summed E-state index contributed by atoms with van der Waals surface area (Å²) < 4.78 is 34.1. The van der Waals surface area contributed by atoms with Crippen LogP contribution in [-0.4, -0.2) is 48.7 Å². The molecule has 0 spiro atoms. The highest BCUT2D eigenvalue weighted by molar-refractivity contribution is 7.87. The Balaban J connectivity index is 1.25. The normalized spacial score (nSPS) is 33.3. The number of anilines is 1. The van der Waals surface area contributed by atoms with E-state index in [-0.39, 0.29) is 16.9 Å². The van der Waals surface area contributed by atoms with Crippen LogP contribution in [0.25, 0.3) is 0 Å². The van der Waals surface area contributed by atoms with Crippen LogP contribution in [0.15, 0.2) is 30.4 Å². The largest absolute Gasteiger partial charge is 0.393 e. The molecule has 1 aromatic rings. The van der Waals surface area contributed by atoms with E-state index >= 15 is 0 Å². The van der Waals surface area contributed by atoms with Crippen LogP contribution in [0.4, 0.5) is 5.69 Å². The number of aryl methyl sites for hydroxylation is 1. The van der Waals surface area contributed by atoms with Crippen molar-refractivity contribution in [1.29, 1.82) is 0 Å². The Morgan fingerprint density at radius 3 is 2.61 bits per heavy atom. The van der Waals surface area contributed by atoms with Crippen LogP contribution in [0.3, 0.4) is 0 Å². The van der Waals surface area contributed by atoms with Crippen LogP contribution in [0.1, 0.15) is 107 Å². The van der Waals surface area contributed by atoms with Gasteiger partial charge in [0.25, 0.3) is 0 Å². The molecule has 1 saturated heterocycles. The van der Waals surface area contributed by atoms with Crippen molar-refractivity contribution < 1.29 is 18.1 Å². The van der Waals surface area contributed by atoms with Crippen molar-refractivity contribution in [2.24, 2.45) is 16.7 Å². The van der Waals surface area contributed by atoms with Gasteiger partial charge in [-0.3, -0.25) is 9.27 Å². The summed E-state index contributed by atoms with van der Waals surface area (Å²) in [5, 5.41) is 11.0. The first-order chi connectivity index (χ1) is 18.2. The van der Waals surface area contributed by atoms with E-state index in [1.54, 1.807) is 6.07 Å². The summed E-state index contributed by atoms with van der Waals surface area (Å²) in [6.45, 7) is 6.21. The number of hydrogen-bond acceptors (Lipinski definition) is 4. The Bertz CT molecular complexity index is 1100. The average Bonchev–Trinajstić information content (AvgIpc) is 3.50. The molecule has 1 aliphatic heterocycles. The SMILES string of the molecule is C[C@]12CCC3c4ccc(NS(=O)(=O)O)cc4CCC3(C=CCCCCCCCN3CCCC3)C1CC[C@@H]2O. The van der Waals surface area contributed by atoms with E-state index in [4.69, 9.17) is 0 Å². The number of nitrogens with zero attached hydrogens (tertiary/aromatic N) is 1. The predicted molar refractivity (Wildman–Crippen MR) is 154 cm³/mol. The van der Waals surface area contributed by atoms with Gasteiger partial charge in [-0.25, -0.2) is 0 Å². The molecular weight excluding hydrogens is 496 g/mol. The lowest BCUT2D eigenvalue weighted by molar-refractivity contribution is -0.0530. The van der Waals surface area contributed by atoms with Crippen LogP contribution in [-0.2, 0) is 16.7 Å². The smallest absolute Gasteiger partial charge is 0.357 e. The Morgan fingerprint density at radius 2 is 1.82 bits per heavy atom. The average molecular weight is 545 g/mol. The van der Waals surface area contributed by atoms with Crippen molar-refractivity contribution in [3.63, 3.8) is 0 Å². The Morgan fingerprint density at radius 1 is 1.05 bits per heavy atom. The molecule has 6 nitrogen and oxygen atoms in total. The number of rotatable bonds is 11. The number of nitrogens with one attached hydrogen (secondary N) is 1. The Kier molecular flexibility index (Phi) is 8.59. The lowest BCUT2D eigenvalue weighted by atomic mass is 9.47. The maximum Gasteiger partial charge on any atom is 0.357 e. The Hall–Kier alpha value is -1.41. The molecule has 4 aliphatic rings. The molecule has 3 fully saturated rings. The molecule has 5 rings (SSSR count). The lowest BCUT2D eigenvalue weighted by Gasteiger charge is -2.57. The number of allylic oxidation sites excluding steroid dienone is 2. The molecule has 3 aliphatic carbocycles. The first-order valence-corrected chi connectivity index (χ1v) is 16.6. The van der Waals surface area contributed by atoms with Crippen LogP contribution < -0.4 is 4.72 Å². The lowest BCUT2D eigenvalue weighted by Crippen LogP contribution is -2.50. The van der Waals surface area contributed by atoms with Crippen molar-refractivity contribution in [1.82, 2.24) is 4.90 Å². The second-order valence-corrected chi connectivity index (χ2v) is 14.0. The number of hydrogen-bond donors (Lipinski definition) is 3. The first kappa shape index (κ1) is 28.1. The van der Waals surface area contributed by atoms with E-state index < -0.39 is 10.3 Å². The molecule has 0 aromatic heterocycles. The molecular formula is C31H48N2O4S. The fourth-order valence-electron chi connectivity index (χ4n) is 8.68. The highest BCUT2D eigenvalue weighted by Crippen LogP contribution is 2.67. The summed E-state index contributed by atoms with van der Waals surface area (Å²) in [4.78, 5) is 2.62. The van der Waals surface area contributed by atoms with Crippen LogP contribution in [0, 0.1) is 16.7 Å². The van der Waals surface area contributed by atoms with Crippen molar-refractivity contribution in [2.45, 2.75) is 109 Å². The molecule has 38 heavy (non-hydrogen) atoms. The van der Waals surface area contributed by atoms with E-state index in [1.165, 1.54) is 75.7 Å². The Labute approximate surface area is 230 Å². The summed E-state index contributed by atoms with van der Waals surface area (Å²) in [7, 11) is -4.29. The molecule has 0 bridgehead atoms. The minimum Gasteiger partial charge on any atom is -0.393 e. The van der Waals surface area contributed by atoms with Gasteiger partial charge in [-0.1, -0.05) is 44.4 Å². The van der Waals surface area contributed by atoms with E-state index in [9.17, 15) is 18.1 Å². The number of benzene rings is 1. The molecule has 0 radical (unpaired) electrons. The standard InChI is InChI=1S/C31H48N2O4S/c1-30-18-16-27-26-12-11-25(32-38(35,36)37)23-24(26)15-19-31(27,28(30)13-14-29(30)34)17-7-5-3-2-4-6-8-20-33-21-9-10-22-33/h7,11-12,17,23,27-29,32,34H,2-6,8-10,13-16,18-22H2,1H3,(H,35,36,37)/t27?,28?,29-,30-,31?/m0/s1. The minimum atomic E-state index is -4.29. The van der Waals surface area contributed by atoms with Gasteiger partial charge >= 0.3 is 10.3 Å². The molecule has 5 atom stereocenters. The summed E-state index contributed by atoms with van der Waals surface area (Å²) >= 11 is 0. The van der Waals surface area contributed by atoms with E-state index in [2.05, 4.69) is 34.8 Å². The van der Waals surface area contributed by atoms with Gasteiger partial charge in [-0.2, -0.15) is 8.42 Å². The zero-order valence-corrected chi connectivity index (χ0v) is 24.0. The maximum absolute atomic E-state index is 11.3. The van der Waals surface area contributed by atoms with E-state index in [1.807, 2.05) is 6.07 Å². The third-order valence-corrected chi connectivity index (χ3v) is 11.1. The minimum absolute atomic E-state index is 0.0276. The highest BCUT2D eigenvalue weighted by Gasteiger charge is 2.60. The molecule has 212 valence electrons. The predicted octanol–water partition coefficient (Wildman–Crippen LogP) is 6.48. The zero-order chi connectivity index (χ0) is 26.8. The van der Waals surface area contributed by atoms with Crippen molar-refractivity contribution in [2.75, 3.05) is 24.4 Å². The van der Waals surface area contributed by atoms with Crippen molar-refractivity contribution >= 4 is 16.0 Å². The number of aliphatic hydroxyl groups is 1. The fourth-order valence-corrected chi connectivity index (χ4v) is 9.10. The number of likely N-dealkylation sites (tertiary alicyclic amines) is 1. The van der Waals surface area contributed by atoms with E-state index in [0.717, 1.165) is 44.9 Å². The third kappa shape index (κ3) is 5.86. The molecule has 7 heteroatoms. The van der Waals surface area contributed by atoms with Gasteiger partial charge in [-0.15, -0.1) is 0 Å². The highest BCUT2D eigenvalue weighted by atomic mass is 32.2. The van der Waals surface area contributed by atoms with Gasteiger partial charge in [0.1, 0.15) is 0 Å². The number of aliphatic hydroxyl groups excluding tert-OH is 1. The van der Waals surface area contributed by atoms with Gasteiger partial charge in [0.15, 0.2) is 0 Å². The monoisotopic (exact) mass is 544 g/mol. The van der Waals surface area contributed by atoms with E-state index in [0.29, 0.717) is 17.5 Å². The van der Waals surface area contributed by atoms with Gasteiger partial charge in [-0.05, 0) is 136 Å². The summed E-state index contributed by atoms with van der Waals surface area (Å²) in [6.07, 6.45) is 21.2. The van der Waals surface area contributed by atoms with Crippen LogP contribution in [0.5, 0.6) is 0 Å². The zero-order valence-electron chi connectivity index (χ0n) is 23.2. The molecule has 0 amide bonds. The molecule has 3 N–H and O–H groups in total. The topological polar surface area (TPSA) is 89.9 Å². The van der Waals surface area contributed by atoms with Crippen molar-refractivity contribution in [3.05, 3.63) is 41.5 Å². The second kappa shape index (κ2) is 11.6. The van der Waals surface area contributed by atoms with Gasteiger partial charge < -0.3 is 10.0 Å². The maximum atomic E-state index is 11.3. The number of unbranched alkanes of at least 4 members (excludes halogenated alkanes) is 5. The quantitative estimate of drug-likeness (QED) is 0.168. The fraction of sp³-hybridized carbons (Fsp3) is 0.742.